The highest BCUT2D eigenvalue weighted by Crippen LogP contribution is 2.36. The Morgan fingerprint density at radius 2 is 1.15 bits per heavy atom. The summed E-state index contributed by atoms with van der Waals surface area (Å²) in [6.45, 7) is 10.3. The average Bonchev–Trinajstić information content (AvgIpc) is 2.83. The quantitative estimate of drug-likeness (QED) is 0.466. The highest BCUT2D eigenvalue weighted by Gasteiger charge is 2.34. The fraction of sp³-hybridized carbons (Fsp3) is 0.357. The minimum absolute atomic E-state index is 0.0162. The molecule has 0 aromatic heterocycles. The number of hydrogen-bond acceptors (Lipinski definition) is 3. The van der Waals surface area contributed by atoms with Gasteiger partial charge in [-0.1, -0.05) is 60.7 Å². The van der Waals surface area contributed by atoms with Gasteiger partial charge in [0.2, 0.25) is 10.0 Å². The first kappa shape index (κ1) is 25.2. The molecule has 0 aliphatic rings. The van der Waals surface area contributed by atoms with Crippen molar-refractivity contribution in [1.29, 1.82) is 0 Å². The molecular weight excluding hydrogens is 428 g/mol. The molecule has 4 nitrogen and oxygen atoms in total. The Kier molecular flexibility index (Phi) is 7.78. The first-order chi connectivity index (χ1) is 15.6. The van der Waals surface area contributed by atoms with Gasteiger partial charge in [0.05, 0.1) is 17.8 Å². The summed E-state index contributed by atoms with van der Waals surface area (Å²) in [5.74, 6) is -0.0162. The maximum Gasteiger partial charge on any atom is 0.218 e. The Hall–Kier alpha value is -2.47. The Morgan fingerprint density at radius 1 is 0.727 bits per heavy atom. The van der Waals surface area contributed by atoms with Gasteiger partial charge in [-0.3, -0.25) is 0 Å². The van der Waals surface area contributed by atoms with Crippen LogP contribution in [-0.2, 0) is 15.8 Å². The minimum atomic E-state index is -3.62. The molecule has 0 heterocycles. The smallest absolute Gasteiger partial charge is 0.218 e. The van der Waals surface area contributed by atoms with E-state index in [0.29, 0.717) is 0 Å². The normalized spacial score (nSPS) is 13.8. The van der Waals surface area contributed by atoms with Crippen molar-refractivity contribution in [3.63, 3.8) is 0 Å². The van der Waals surface area contributed by atoms with E-state index in [9.17, 15) is 8.42 Å². The SMILES string of the molecule is CNC(c1ccccc1)C(c1ccccc1)N(C)S(=O)(=O)Cc1c(C)c(C)c(C)c(C)c1C. The third-order valence-electron chi connectivity index (χ3n) is 7.24. The van der Waals surface area contributed by atoms with E-state index in [4.69, 9.17) is 0 Å². The predicted molar refractivity (Wildman–Crippen MR) is 138 cm³/mol. The molecule has 0 aliphatic carbocycles. The van der Waals surface area contributed by atoms with Crippen molar-refractivity contribution < 1.29 is 8.42 Å². The molecule has 176 valence electrons. The van der Waals surface area contributed by atoms with Crippen LogP contribution in [0.5, 0.6) is 0 Å². The number of likely N-dealkylation sites (N-methyl/N-ethyl adjacent to an activating group) is 2. The van der Waals surface area contributed by atoms with E-state index in [-0.39, 0.29) is 11.8 Å². The molecule has 0 aliphatic heterocycles. The van der Waals surface area contributed by atoms with Gasteiger partial charge < -0.3 is 5.32 Å². The van der Waals surface area contributed by atoms with Crippen LogP contribution in [0.15, 0.2) is 60.7 Å². The highest BCUT2D eigenvalue weighted by atomic mass is 32.2. The fourth-order valence-electron chi connectivity index (χ4n) is 4.68. The zero-order valence-electron chi connectivity index (χ0n) is 20.8. The number of nitrogens with zero attached hydrogens (tertiary/aromatic N) is 1. The first-order valence-corrected chi connectivity index (χ1v) is 13.0. The summed E-state index contributed by atoms with van der Waals surface area (Å²) >= 11 is 0. The third kappa shape index (κ3) is 5.06. The number of hydrogen-bond donors (Lipinski definition) is 1. The lowest BCUT2D eigenvalue weighted by Crippen LogP contribution is -2.39. The number of sulfonamides is 1. The van der Waals surface area contributed by atoms with Crippen molar-refractivity contribution in [2.45, 2.75) is 52.5 Å². The van der Waals surface area contributed by atoms with E-state index in [1.54, 1.807) is 11.4 Å². The second-order valence-electron chi connectivity index (χ2n) is 8.91. The molecule has 2 atom stereocenters. The zero-order valence-corrected chi connectivity index (χ0v) is 21.6. The van der Waals surface area contributed by atoms with Crippen LogP contribution < -0.4 is 5.32 Å². The number of benzene rings is 3. The minimum Gasteiger partial charge on any atom is -0.311 e. The van der Waals surface area contributed by atoms with E-state index in [1.807, 2.05) is 81.6 Å². The number of nitrogens with one attached hydrogen (secondary N) is 1. The second-order valence-corrected chi connectivity index (χ2v) is 10.9. The molecule has 0 saturated carbocycles. The van der Waals surface area contributed by atoms with Gasteiger partial charge in [-0.05, 0) is 86.2 Å². The van der Waals surface area contributed by atoms with Crippen LogP contribution in [0.1, 0.15) is 56.6 Å². The third-order valence-corrected chi connectivity index (χ3v) is 9.00. The van der Waals surface area contributed by atoms with Crippen molar-refractivity contribution in [3.8, 4) is 0 Å². The molecule has 0 spiro atoms. The topological polar surface area (TPSA) is 49.4 Å². The Morgan fingerprint density at radius 3 is 1.61 bits per heavy atom. The molecule has 0 bridgehead atoms. The van der Waals surface area contributed by atoms with Gasteiger partial charge in [-0.2, -0.15) is 4.31 Å². The van der Waals surface area contributed by atoms with Crippen LogP contribution in [-0.4, -0.2) is 26.8 Å². The molecule has 5 heteroatoms. The molecule has 0 amide bonds. The van der Waals surface area contributed by atoms with E-state index < -0.39 is 16.1 Å². The Labute approximate surface area is 199 Å². The van der Waals surface area contributed by atoms with Gasteiger partial charge in [-0.15, -0.1) is 0 Å². The van der Waals surface area contributed by atoms with E-state index in [1.165, 1.54) is 16.7 Å². The lowest BCUT2D eigenvalue weighted by molar-refractivity contribution is 0.301. The van der Waals surface area contributed by atoms with Gasteiger partial charge in [0.1, 0.15) is 0 Å². The van der Waals surface area contributed by atoms with Crippen LogP contribution in [0.3, 0.4) is 0 Å². The molecule has 33 heavy (non-hydrogen) atoms. The molecule has 3 aromatic carbocycles. The molecule has 1 N–H and O–H groups in total. The van der Waals surface area contributed by atoms with Crippen LogP contribution in [0, 0.1) is 34.6 Å². The van der Waals surface area contributed by atoms with Gasteiger partial charge in [0.25, 0.3) is 0 Å². The lowest BCUT2D eigenvalue weighted by atomic mass is 9.90. The summed E-state index contributed by atoms with van der Waals surface area (Å²) in [7, 11) is -0.0307. The highest BCUT2D eigenvalue weighted by molar-refractivity contribution is 7.88. The Bertz CT molecular complexity index is 1180. The van der Waals surface area contributed by atoms with Gasteiger partial charge in [-0.25, -0.2) is 8.42 Å². The van der Waals surface area contributed by atoms with Crippen molar-refractivity contribution in [2.75, 3.05) is 14.1 Å². The van der Waals surface area contributed by atoms with Crippen molar-refractivity contribution in [3.05, 3.63) is 105 Å². The van der Waals surface area contributed by atoms with Crippen LogP contribution >= 0.6 is 0 Å². The molecule has 0 fully saturated rings. The van der Waals surface area contributed by atoms with E-state index >= 15 is 0 Å². The average molecular weight is 465 g/mol. The maximum atomic E-state index is 13.9. The second kappa shape index (κ2) is 10.2. The molecular formula is C28H36N2O2S. The van der Waals surface area contributed by atoms with Crippen LogP contribution in [0.25, 0.3) is 0 Å². The zero-order chi connectivity index (χ0) is 24.3. The van der Waals surface area contributed by atoms with E-state index in [2.05, 4.69) is 26.1 Å². The standard InChI is InChI=1S/C28H36N2O2S/c1-19-20(2)22(4)26(23(5)21(19)3)18-33(31,32)30(7)28(25-16-12-9-13-17-25)27(29-6)24-14-10-8-11-15-24/h8-17,27-29H,18H2,1-7H3. The summed E-state index contributed by atoms with van der Waals surface area (Å²) in [5, 5.41) is 3.38. The molecule has 0 radical (unpaired) electrons. The van der Waals surface area contributed by atoms with Gasteiger partial charge >= 0.3 is 0 Å². The molecule has 3 rings (SSSR count). The summed E-state index contributed by atoms with van der Waals surface area (Å²) < 4.78 is 29.3. The summed E-state index contributed by atoms with van der Waals surface area (Å²) in [6.07, 6.45) is 0. The van der Waals surface area contributed by atoms with Gasteiger partial charge in [0.15, 0.2) is 0 Å². The van der Waals surface area contributed by atoms with E-state index in [0.717, 1.165) is 27.8 Å². The monoisotopic (exact) mass is 464 g/mol. The Balaban J connectivity index is 2.09. The predicted octanol–water partition coefficient (Wildman–Crippen LogP) is 5.69. The number of rotatable bonds is 8. The summed E-state index contributed by atoms with van der Waals surface area (Å²) in [4.78, 5) is 0. The summed E-state index contributed by atoms with van der Waals surface area (Å²) in [6, 6.07) is 19.3. The molecule has 0 saturated heterocycles. The largest absolute Gasteiger partial charge is 0.311 e. The van der Waals surface area contributed by atoms with Crippen LogP contribution in [0.4, 0.5) is 0 Å². The van der Waals surface area contributed by atoms with Crippen molar-refractivity contribution >= 4 is 10.0 Å². The van der Waals surface area contributed by atoms with Crippen molar-refractivity contribution in [2.24, 2.45) is 0 Å². The summed E-state index contributed by atoms with van der Waals surface area (Å²) in [5.41, 5.74) is 8.62. The fourth-order valence-corrected chi connectivity index (χ4v) is 6.27. The van der Waals surface area contributed by atoms with Crippen molar-refractivity contribution in [1.82, 2.24) is 9.62 Å². The molecule has 3 aromatic rings. The van der Waals surface area contributed by atoms with Gasteiger partial charge in [0, 0.05) is 7.05 Å². The first-order valence-electron chi connectivity index (χ1n) is 11.4. The maximum absolute atomic E-state index is 13.9. The molecule has 2 unspecified atom stereocenters. The van der Waals surface area contributed by atoms with Crippen LogP contribution in [0.2, 0.25) is 0 Å². The lowest BCUT2D eigenvalue weighted by Gasteiger charge is -2.35.